The fourth-order valence-electron chi connectivity index (χ4n) is 2.81. The van der Waals surface area contributed by atoms with Gasteiger partial charge < -0.3 is 10.0 Å². The van der Waals surface area contributed by atoms with Gasteiger partial charge >= 0.3 is 5.97 Å². The molecule has 2 aliphatic rings. The average Bonchev–Trinajstić information content (AvgIpc) is 2.67. The molecule has 5 heteroatoms. The molecule has 18 heavy (non-hydrogen) atoms. The summed E-state index contributed by atoms with van der Waals surface area (Å²) in [6.45, 7) is 1.74. The highest BCUT2D eigenvalue weighted by atomic mass is 32.2. The lowest BCUT2D eigenvalue weighted by Crippen LogP contribution is -2.39. The van der Waals surface area contributed by atoms with Gasteiger partial charge in [-0.2, -0.15) is 11.8 Å². The Balaban J connectivity index is 1.84. The minimum Gasteiger partial charge on any atom is -0.481 e. The van der Waals surface area contributed by atoms with Gasteiger partial charge in [0.2, 0.25) is 5.91 Å². The second kappa shape index (κ2) is 6.45. The van der Waals surface area contributed by atoms with Crippen LogP contribution in [-0.4, -0.2) is 46.5 Å². The molecule has 1 N–H and O–H groups in total. The Bertz CT molecular complexity index is 305. The second-order valence-electron chi connectivity index (χ2n) is 5.18. The Labute approximate surface area is 112 Å². The molecule has 4 nitrogen and oxygen atoms in total. The average molecular weight is 271 g/mol. The zero-order valence-corrected chi connectivity index (χ0v) is 11.5. The lowest BCUT2D eigenvalue weighted by Gasteiger charge is -2.30. The van der Waals surface area contributed by atoms with E-state index >= 15 is 0 Å². The van der Waals surface area contributed by atoms with Crippen molar-refractivity contribution in [3.63, 3.8) is 0 Å². The molecule has 0 atom stereocenters. The van der Waals surface area contributed by atoms with Gasteiger partial charge in [0.05, 0.1) is 5.92 Å². The van der Waals surface area contributed by atoms with Gasteiger partial charge in [-0.05, 0) is 37.9 Å². The van der Waals surface area contributed by atoms with Crippen molar-refractivity contribution < 1.29 is 14.7 Å². The molecule has 0 aromatic rings. The normalized spacial score (nSPS) is 29.7. The van der Waals surface area contributed by atoms with Gasteiger partial charge in [0.25, 0.3) is 0 Å². The molecule has 1 heterocycles. The summed E-state index contributed by atoms with van der Waals surface area (Å²) in [6.07, 6.45) is 3.91. The third-order valence-corrected chi connectivity index (χ3v) is 5.01. The van der Waals surface area contributed by atoms with Gasteiger partial charge in [-0.15, -0.1) is 0 Å². The highest BCUT2D eigenvalue weighted by Crippen LogP contribution is 2.30. The number of amides is 1. The van der Waals surface area contributed by atoms with E-state index in [1.165, 1.54) is 0 Å². The van der Waals surface area contributed by atoms with E-state index in [-0.39, 0.29) is 17.7 Å². The first-order chi connectivity index (χ1) is 8.68. The number of nitrogens with zero attached hydrogens (tertiary/aromatic N) is 1. The first-order valence-electron chi connectivity index (χ1n) is 6.78. The number of hydrogen-bond acceptors (Lipinski definition) is 3. The van der Waals surface area contributed by atoms with E-state index in [9.17, 15) is 9.59 Å². The number of carboxylic acid groups (broad SMARTS) is 1. The van der Waals surface area contributed by atoms with Gasteiger partial charge in [-0.3, -0.25) is 9.59 Å². The molecular formula is C13H21NO3S. The van der Waals surface area contributed by atoms with Crippen LogP contribution in [0.5, 0.6) is 0 Å². The van der Waals surface area contributed by atoms with Crippen molar-refractivity contribution >= 4 is 23.6 Å². The molecule has 1 saturated carbocycles. The van der Waals surface area contributed by atoms with E-state index in [1.54, 1.807) is 0 Å². The summed E-state index contributed by atoms with van der Waals surface area (Å²) in [5.74, 6) is 1.59. The minimum atomic E-state index is -0.702. The first-order valence-corrected chi connectivity index (χ1v) is 7.93. The topological polar surface area (TPSA) is 57.6 Å². The standard InChI is InChI=1S/C13H21NO3S/c15-12(14-6-1-8-18-9-7-14)10-2-4-11(5-3-10)13(16)17/h10-11H,1-9H2,(H,16,17). The fourth-order valence-corrected chi connectivity index (χ4v) is 3.70. The van der Waals surface area contributed by atoms with Crippen molar-refractivity contribution in [2.45, 2.75) is 32.1 Å². The molecule has 2 rings (SSSR count). The van der Waals surface area contributed by atoms with E-state index in [0.29, 0.717) is 12.8 Å². The molecule has 1 aliphatic heterocycles. The summed E-state index contributed by atoms with van der Waals surface area (Å²) in [4.78, 5) is 25.2. The number of carbonyl (C=O) groups excluding carboxylic acids is 1. The summed E-state index contributed by atoms with van der Waals surface area (Å²) in [5.41, 5.74) is 0. The van der Waals surface area contributed by atoms with E-state index in [0.717, 1.165) is 43.9 Å². The van der Waals surface area contributed by atoms with E-state index in [2.05, 4.69) is 0 Å². The Morgan fingerprint density at radius 1 is 1.00 bits per heavy atom. The van der Waals surface area contributed by atoms with E-state index < -0.39 is 5.97 Å². The summed E-state index contributed by atoms with van der Waals surface area (Å²) >= 11 is 1.92. The molecule has 2 fully saturated rings. The zero-order valence-electron chi connectivity index (χ0n) is 10.6. The maximum Gasteiger partial charge on any atom is 0.306 e. The Kier molecular flexibility index (Phi) is 4.92. The molecular weight excluding hydrogens is 250 g/mol. The van der Waals surface area contributed by atoms with Gasteiger partial charge in [0, 0.05) is 24.8 Å². The number of aliphatic carboxylic acids is 1. The van der Waals surface area contributed by atoms with Crippen LogP contribution in [0.1, 0.15) is 32.1 Å². The molecule has 102 valence electrons. The lowest BCUT2D eigenvalue weighted by molar-refractivity contribution is -0.145. The maximum absolute atomic E-state index is 12.4. The van der Waals surface area contributed by atoms with Crippen molar-refractivity contribution in [2.24, 2.45) is 11.8 Å². The molecule has 1 saturated heterocycles. The van der Waals surface area contributed by atoms with Crippen LogP contribution in [0.15, 0.2) is 0 Å². The van der Waals surface area contributed by atoms with Crippen LogP contribution in [0.3, 0.4) is 0 Å². The summed E-state index contributed by atoms with van der Waals surface area (Å²) in [5, 5.41) is 8.95. The number of thioether (sulfide) groups is 1. The predicted molar refractivity (Wildman–Crippen MR) is 71.6 cm³/mol. The van der Waals surface area contributed by atoms with Crippen LogP contribution in [0.25, 0.3) is 0 Å². The summed E-state index contributed by atoms with van der Waals surface area (Å²) in [7, 11) is 0. The third kappa shape index (κ3) is 3.40. The molecule has 0 bridgehead atoms. The van der Waals surface area contributed by atoms with Gasteiger partial charge in [-0.25, -0.2) is 0 Å². The molecule has 0 radical (unpaired) electrons. The number of hydrogen-bond donors (Lipinski definition) is 1. The SMILES string of the molecule is O=C(O)C1CCC(C(=O)N2CCCSCC2)CC1. The number of rotatable bonds is 2. The van der Waals surface area contributed by atoms with Gasteiger partial charge in [0.1, 0.15) is 0 Å². The van der Waals surface area contributed by atoms with Crippen molar-refractivity contribution in [3.05, 3.63) is 0 Å². The van der Waals surface area contributed by atoms with Crippen LogP contribution >= 0.6 is 11.8 Å². The van der Waals surface area contributed by atoms with Gasteiger partial charge in [0.15, 0.2) is 0 Å². The van der Waals surface area contributed by atoms with Crippen LogP contribution in [-0.2, 0) is 9.59 Å². The highest BCUT2D eigenvalue weighted by molar-refractivity contribution is 7.99. The van der Waals surface area contributed by atoms with Crippen LogP contribution in [0.2, 0.25) is 0 Å². The fraction of sp³-hybridized carbons (Fsp3) is 0.846. The quantitative estimate of drug-likeness (QED) is 0.832. The third-order valence-electron chi connectivity index (χ3n) is 3.96. The van der Waals surface area contributed by atoms with Crippen LogP contribution in [0.4, 0.5) is 0 Å². The van der Waals surface area contributed by atoms with E-state index in [1.807, 2.05) is 16.7 Å². The molecule has 1 aliphatic carbocycles. The second-order valence-corrected chi connectivity index (χ2v) is 6.40. The molecule has 0 aromatic heterocycles. The van der Waals surface area contributed by atoms with Crippen molar-refractivity contribution in [1.29, 1.82) is 0 Å². The predicted octanol–water partition coefficient (Wildman–Crippen LogP) is 1.84. The Morgan fingerprint density at radius 2 is 1.67 bits per heavy atom. The number of carboxylic acids is 1. The smallest absolute Gasteiger partial charge is 0.306 e. The van der Waals surface area contributed by atoms with E-state index in [4.69, 9.17) is 5.11 Å². The van der Waals surface area contributed by atoms with Crippen LogP contribution < -0.4 is 0 Å². The van der Waals surface area contributed by atoms with Crippen molar-refractivity contribution in [2.75, 3.05) is 24.6 Å². The number of carbonyl (C=O) groups is 2. The highest BCUT2D eigenvalue weighted by Gasteiger charge is 2.32. The molecule has 0 unspecified atom stereocenters. The first kappa shape index (κ1) is 13.7. The Hall–Kier alpha value is -0.710. The van der Waals surface area contributed by atoms with Crippen LogP contribution in [0, 0.1) is 11.8 Å². The van der Waals surface area contributed by atoms with Crippen molar-refractivity contribution in [1.82, 2.24) is 4.90 Å². The molecule has 0 spiro atoms. The Morgan fingerprint density at radius 3 is 2.33 bits per heavy atom. The largest absolute Gasteiger partial charge is 0.481 e. The van der Waals surface area contributed by atoms with Crippen molar-refractivity contribution in [3.8, 4) is 0 Å². The lowest BCUT2D eigenvalue weighted by atomic mass is 9.81. The monoisotopic (exact) mass is 271 g/mol. The summed E-state index contributed by atoms with van der Waals surface area (Å²) in [6, 6.07) is 0. The molecule has 0 aromatic carbocycles. The zero-order chi connectivity index (χ0) is 13.0. The minimum absolute atomic E-state index is 0.0729. The molecule has 1 amide bonds. The maximum atomic E-state index is 12.4. The van der Waals surface area contributed by atoms with Gasteiger partial charge in [-0.1, -0.05) is 0 Å². The summed E-state index contributed by atoms with van der Waals surface area (Å²) < 4.78 is 0.